The Labute approximate surface area is 136 Å². The van der Waals surface area contributed by atoms with Gasteiger partial charge in [-0.2, -0.15) is 0 Å². The SMILES string of the molecule is Cc1sc2nc(CC(=O)NCc3ccccn3)[nH]c(=O)c2c1C. The molecule has 3 heterocycles. The molecule has 0 unspecified atom stereocenters. The van der Waals surface area contributed by atoms with Crippen LogP contribution >= 0.6 is 11.3 Å². The summed E-state index contributed by atoms with van der Waals surface area (Å²) in [6.45, 7) is 4.22. The maximum Gasteiger partial charge on any atom is 0.259 e. The first kappa shape index (κ1) is 15.4. The van der Waals surface area contributed by atoms with Gasteiger partial charge in [0.15, 0.2) is 0 Å². The van der Waals surface area contributed by atoms with Crippen LogP contribution in [0.3, 0.4) is 0 Å². The van der Waals surface area contributed by atoms with E-state index in [0.717, 1.165) is 16.1 Å². The van der Waals surface area contributed by atoms with Crippen LogP contribution in [-0.4, -0.2) is 20.9 Å². The third kappa shape index (κ3) is 3.29. The molecule has 3 aromatic rings. The van der Waals surface area contributed by atoms with Gasteiger partial charge >= 0.3 is 0 Å². The number of aromatic nitrogens is 3. The van der Waals surface area contributed by atoms with Crippen LogP contribution in [0, 0.1) is 13.8 Å². The molecule has 1 amide bonds. The van der Waals surface area contributed by atoms with E-state index in [9.17, 15) is 9.59 Å². The summed E-state index contributed by atoms with van der Waals surface area (Å²) < 4.78 is 0. The van der Waals surface area contributed by atoms with Crippen molar-refractivity contribution in [3.05, 3.63) is 56.7 Å². The van der Waals surface area contributed by atoms with Gasteiger partial charge < -0.3 is 10.3 Å². The highest BCUT2D eigenvalue weighted by molar-refractivity contribution is 7.18. The number of nitrogens with one attached hydrogen (secondary N) is 2. The molecule has 0 saturated carbocycles. The maximum atomic E-state index is 12.2. The maximum absolute atomic E-state index is 12.2. The van der Waals surface area contributed by atoms with Crippen molar-refractivity contribution in [1.82, 2.24) is 20.3 Å². The van der Waals surface area contributed by atoms with Gasteiger partial charge in [0.2, 0.25) is 5.91 Å². The van der Waals surface area contributed by atoms with E-state index < -0.39 is 0 Å². The van der Waals surface area contributed by atoms with Crippen LogP contribution in [0.25, 0.3) is 10.2 Å². The number of pyridine rings is 1. The quantitative estimate of drug-likeness (QED) is 0.765. The molecule has 0 aliphatic rings. The van der Waals surface area contributed by atoms with E-state index in [2.05, 4.69) is 20.3 Å². The van der Waals surface area contributed by atoms with Crippen molar-refractivity contribution in [3.63, 3.8) is 0 Å². The molecule has 0 bridgehead atoms. The van der Waals surface area contributed by atoms with Gasteiger partial charge in [0.05, 0.1) is 24.0 Å². The molecule has 23 heavy (non-hydrogen) atoms. The van der Waals surface area contributed by atoms with E-state index in [1.165, 1.54) is 11.3 Å². The Morgan fingerprint density at radius 1 is 1.35 bits per heavy atom. The van der Waals surface area contributed by atoms with Crippen molar-refractivity contribution in [2.45, 2.75) is 26.8 Å². The highest BCUT2D eigenvalue weighted by Crippen LogP contribution is 2.25. The zero-order valence-electron chi connectivity index (χ0n) is 12.8. The lowest BCUT2D eigenvalue weighted by Gasteiger charge is -2.04. The number of hydrogen-bond acceptors (Lipinski definition) is 5. The molecule has 0 fully saturated rings. The van der Waals surface area contributed by atoms with Gasteiger partial charge in [0.25, 0.3) is 5.56 Å². The fraction of sp³-hybridized carbons (Fsp3) is 0.250. The van der Waals surface area contributed by atoms with Crippen LogP contribution < -0.4 is 10.9 Å². The normalized spacial score (nSPS) is 10.9. The molecular weight excluding hydrogens is 312 g/mol. The Balaban J connectivity index is 1.74. The van der Waals surface area contributed by atoms with Crippen LogP contribution in [0.15, 0.2) is 29.2 Å². The van der Waals surface area contributed by atoms with E-state index in [4.69, 9.17) is 0 Å². The van der Waals surface area contributed by atoms with Crippen LogP contribution in [0.2, 0.25) is 0 Å². The van der Waals surface area contributed by atoms with Gasteiger partial charge in [-0.05, 0) is 31.5 Å². The third-order valence-corrected chi connectivity index (χ3v) is 4.71. The Kier molecular flexibility index (Phi) is 4.20. The molecule has 0 atom stereocenters. The average Bonchev–Trinajstić information content (AvgIpc) is 2.81. The second-order valence-electron chi connectivity index (χ2n) is 5.25. The minimum absolute atomic E-state index is 0.0357. The first-order valence-electron chi connectivity index (χ1n) is 7.20. The first-order chi connectivity index (χ1) is 11.0. The number of rotatable bonds is 4. The summed E-state index contributed by atoms with van der Waals surface area (Å²) in [6, 6.07) is 5.52. The van der Waals surface area contributed by atoms with E-state index in [-0.39, 0.29) is 17.9 Å². The van der Waals surface area contributed by atoms with E-state index >= 15 is 0 Å². The predicted octanol–water partition coefficient (Wildman–Crippen LogP) is 1.86. The number of aryl methyl sites for hydroxylation is 2. The second kappa shape index (κ2) is 6.29. The Bertz CT molecular complexity index is 915. The Morgan fingerprint density at radius 3 is 2.91 bits per heavy atom. The lowest BCUT2D eigenvalue weighted by molar-refractivity contribution is -0.120. The standard InChI is InChI=1S/C16H16N4O2S/c1-9-10(2)23-16-14(9)15(22)19-12(20-16)7-13(21)18-8-11-5-3-4-6-17-11/h3-6H,7-8H2,1-2H3,(H,18,21)(H,19,20,22). The van der Waals surface area contributed by atoms with Crippen LogP contribution in [0.1, 0.15) is 22.0 Å². The fourth-order valence-electron chi connectivity index (χ4n) is 2.29. The van der Waals surface area contributed by atoms with Gasteiger partial charge in [0, 0.05) is 11.1 Å². The molecule has 2 N–H and O–H groups in total. The van der Waals surface area contributed by atoms with Crippen molar-refractivity contribution < 1.29 is 4.79 Å². The number of carbonyl (C=O) groups is 1. The summed E-state index contributed by atoms with van der Waals surface area (Å²) in [5.41, 5.74) is 1.54. The molecule has 0 saturated heterocycles. The van der Waals surface area contributed by atoms with Crippen molar-refractivity contribution in [2.24, 2.45) is 0 Å². The summed E-state index contributed by atoms with van der Waals surface area (Å²) in [5, 5.41) is 3.39. The van der Waals surface area contributed by atoms with Crippen LogP contribution in [0.5, 0.6) is 0 Å². The first-order valence-corrected chi connectivity index (χ1v) is 8.01. The number of thiophene rings is 1. The van der Waals surface area contributed by atoms with Gasteiger partial charge in [-0.3, -0.25) is 14.6 Å². The molecule has 3 rings (SSSR count). The number of hydrogen-bond donors (Lipinski definition) is 2. The van der Waals surface area contributed by atoms with Crippen molar-refractivity contribution in [2.75, 3.05) is 0 Å². The molecule has 0 aliphatic carbocycles. The molecule has 0 aliphatic heterocycles. The number of H-pyrrole nitrogens is 1. The van der Waals surface area contributed by atoms with Crippen molar-refractivity contribution in [3.8, 4) is 0 Å². The molecule has 118 valence electrons. The van der Waals surface area contributed by atoms with E-state index in [1.807, 2.05) is 32.0 Å². The lowest BCUT2D eigenvalue weighted by Crippen LogP contribution is -2.26. The lowest BCUT2D eigenvalue weighted by atomic mass is 10.2. The third-order valence-electron chi connectivity index (χ3n) is 3.61. The summed E-state index contributed by atoms with van der Waals surface area (Å²) in [4.78, 5) is 37.1. The van der Waals surface area contributed by atoms with Crippen molar-refractivity contribution in [1.29, 1.82) is 0 Å². The topological polar surface area (TPSA) is 87.7 Å². The van der Waals surface area contributed by atoms with E-state index in [1.54, 1.807) is 6.20 Å². The minimum atomic E-state index is -0.205. The number of aromatic amines is 1. The summed E-state index contributed by atoms with van der Waals surface area (Å²) >= 11 is 1.47. The number of carbonyl (C=O) groups excluding carboxylic acids is 1. The van der Waals surface area contributed by atoms with Gasteiger partial charge in [-0.1, -0.05) is 6.07 Å². The smallest absolute Gasteiger partial charge is 0.259 e. The predicted molar refractivity (Wildman–Crippen MR) is 89.5 cm³/mol. The van der Waals surface area contributed by atoms with Gasteiger partial charge in [-0.15, -0.1) is 11.3 Å². The zero-order valence-corrected chi connectivity index (χ0v) is 13.7. The fourth-order valence-corrected chi connectivity index (χ4v) is 3.34. The monoisotopic (exact) mass is 328 g/mol. The van der Waals surface area contributed by atoms with Gasteiger partial charge in [0.1, 0.15) is 10.7 Å². The van der Waals surface area contributed by atoms with Crippen LogP contribution in [0.4, 0.5) is 0 Å². The molecule has 6 nitrogen and oxygen atoms in total. The Morgan fingerprint density at radius 2 is 2.17 bits per heavy atom. The molecule has 0 radical (unpaired) electrons. The minimum Gasteiger partial charge on any atom is -0.350 e. The summed E-state index contributed by atoms with van der Waals surface area (Å²) in [6.07, 6.45) is 1.71. The zero-order chi connectivity index (χ0) is 16.4. The highest BCUT2D eigenvalue weighted by atomic mass is 32.1. The summed E-state index contributed by atoms with van der Waals surface area (Å²) in [5.74, 6) is 0.172. The largest absolute Gasteiger partial charge is 0.350 e. The van der Waals surface area contributed by atoms with Crippen molar-refractivity contribution >= 4 is 27.5 Å². The molecule has 3 aromatic heterocycles. The highest BCUT2D eigenvalue weighted by Gasteiger charge is 2.13. The molecule has 0 spiro atoms. The van der Waals surface area contributed by atoms with E-state index in [0.29, 0.717) is 22.6 Å². The number of nitrogens with zero attached hydrogens (tertiary/aromatic N) is 2. The molecule has 0 aromatic carbocycles. The average molecular weight is 328 g/mol. The van der Waals surface area contributed by atoms with Gasteiger partial charge in [-0.25, -0.2) is 4.98 Å². The second-order valence-corrected chi connectivity index (χ2v) is 6.45. The van der Waals surface area contributed by atoms with Crippen LogP contribution in [-0.2, 0) is 17.8 Å². The molecular formula is C16H16N4O2S. The number of amides is 1. The Hall–Kier alpha value is -2.54. The summed E-state index contributed by atoms with van der Waals surface area (Å²) in [7, 11) is 0. The molecule has 7 heteroatoms. The number of fused-ring (bicyclic) bond motifs is 1.